The highest BCUT2D eigenvalue weighted by atomic mass is 32.1. The Morgan fingerprint density at radius 3 is 2.60 bits per heavy atom. The average Bonchev–Trinajstić information content (AvgIpc) is 3.00. The number of carbonyl (C=O) groups excluding carboxylic acids is 1. The maximum absolute atomic E-state index is 12.6. The van der Waals surface area contributed by atoms with Crippen LogP contribution in [0.5, 0.6) is 0 Å². The number of nitrogens with one attached hydrogen (secondary N) is 1. The van der Waals surface area contributed by atoms with Gasteiger partial charge in [0.2, 0.25) is 0 Å². The molecule has 1 fully saturated rings. The van der Waals surface area contributed by atoms with Crippen molar-refractivity contribution in [3.05, 3.63) is 39.3 Å². The maximum atomic E-state index is 12.6. The van der Waals surface area contributed by atoms with Crippen LogP contribution in [-0.2, 0) is 4.74 Å². The van der Waals surface area contributed by atoms with Crippen LogP contribution in [0.4, 0.5) is 11.4 Å². The van der Waals surface area contributed by atoms with Crippen molar-refractivity contribution in [3.8, 4) is 0 Å². The lowest BCUT2D eigenvalue weighted by Gasteiger charge is -2.29. The molecular weight excluding hydrogens is 334 g/mol. The standard InChI is InChI=1S/C19H25N3O2S/c1-12(2)19-20-14(4)17(25-19)18(23)21-16-6-5-15(11-13(16)3)22-7-9-24-10-8-22/h5-6,11-12H,7-10H2,1-4H3,(H,21,23). The number of amides is 1. The molecule has 0 bridgehead atoms. The van der Waals surface area contributed by atoms with E-state index < -0.39 is 0 Å². The van der Waals surface area contributed by atoms with E-state index in [1.54, 1.807) is 0 Å². The number of aromatic nitrogens is 1. The minimum Gasteiger partial charge on any atom is -0.378 e. The molecule has 1 N–H and O–H groups in total. The summed E-state index contributed by atoms with van der Waals surface area (Å²) in [5.41, 5.74) is 3.88. The first-order valence-electron chi connectivity index (χ1n) is 8.67. The highest BCUT2D eigenvalue weighted by Gasteiger charge is 2.18. The molecule has 134 valence electrons. The fraction of sp³-hybridized carbons (Fsp3) is 0.474. The van der Waals surface area contributed by atoms with Gasteiger partial charge in [0.1, 0.15) is 4.88 Å². The van der Waals surface area contributed by atoms with Gasteiger partial charge in [-0.2, -0.15) is 0 Å². The number of carbonyl (C=O) groups is 1. The minimum absolute atomic E-state index is 0.0795. The molecule has 0 radical (unpaired) electrons. The third-order valence-electron chi connectivity index (χ3n) is 4.35. The van der Waals surface area contributed by atoms with Crippen molar-refractivity contribution in [2.45, 2.75) is 33.6 Å². The third-order valence-corrected chi connectivity index (χ3v) is 5.80. The topological polar surface area (TPSA) is 54.5 Å². The van der Waals surface area contributed by atoms with Gasteiger partial charge in [-0.05, 0) is 37.6 Å². The van der Waals surface area contributed by atoms with Crippen molar-refractivity contribution < 1.29 is 9.53 Å². The summed E-state index contributed by atoms with van der Waals surface area (Å²) in [5.74, 6) is 0.254. The SMILES string of the molecule is Cc1cc(N2CCOCC2)ccc1NC(=O)c1sc(C(C)C)nc1C. The van der Waals surface area contributed by atoms with E-state index in [9.17, 15) is 4.79 Å². The Morgan fingerprint density at radius 1 is 1.28 bits per heavy atom. The van der Waals surface area contributed by atoms with Crippen LogP contribution < -0.4 is 10.2 Å². The van der Waals surface area contributed by atoms with E-state index in [-0.39, 0.29) is 5.91 Å². The summed E-state index contributed by atoms with van der Waals surface area (Å²) in [7, 11) is 0. The zero-order chi connectivity index (χ0) is 18.0. The van der Waals surface area contributed by atoms with Crippen molar-refractivity contribution in [3.63, 3.8) is 0 Å². The molecular formula is C19H25N3O2S. The number of nitrogens with zero attached hydrogens (tertiary/aromatic N) is 2. The molecule has 3 rings (SSSR count). The Labute approximate surface area is 153 Å². The molecule has 6 heteroatoms. The second-order valence-electron chi connectivity index (χ2n) is 6.67. The summed E-state index contributed by atoms with van der Waals surface area (Å²) in [4.78, 5) is 20.2. The fourth-order valence-corrected chi connectivity index (χ4v) is 3.82. The summed E-state index contributed by atoms with van der Waals surface area (Å²) in [6, 6.07) is 6.17. The molecule has 5 nitrogen and oxygen atoms in total. The van der Waals surface area contributed by atoms with Gasteiger partial charge in [-0.1, -0.05) is 13.8 Å². The number of hydrogen-bond donors (Lipinski definition) is 1. The lowest BCUT2D eigenvalue weighted by Crippen LogP contribution is -2.36. The summed E-state index contributed by atoms with van der Waals surface area (Å²) in [5, 5.41) is 4.04. The molecule has 0 aliphatic carbocycles. The summed E-state index contributed by atoms with van der Waals surface area (Å²) in [6.45, 7) is 11.4. The highest BCUT2D eigenvalue weighted by Crippen LogP contribution is 2.27. The van der Waals surface area contributed by atoms with Gasteiger partial charge in [-0.3, -0.25) is 4.79 Å². The average molecular weight is 359 g/mol. The Hall–Kier alpha value is -1.92. The van der Waals surface area contributed by atoms with Crippen LogP contribution in [0.2, 0.25) is 0 Å². The van der Waals surface area contributed by atoms with Gasteiger partial charge in [-0.25, -0.2) is 4.98 Å². The second-order valence-corrected chi connectivity index (χ2v) is 7.70. The van der Waals surface area contributed by atoms with E-state index in [4.69, 9.17) is 4.74 Å². The van der Waals surface area contributed by atoms with Gasteiger partial charge < -0.3 is 15.0 Å². The Morgan fingerprint density at radius 2 is 2.00 bits per heavy atom. The van der Waals surface area contributed by atoms with Crippen molar-refractivity contribution >= 4 is 28.6 Å². The smallest absolute Gasteiger partial charge is 0.267 e. The molecule has 1 aliphatic rings. The molecule has 1 saturated heterocycles. The van der Waals surface area contributed by atoms with E-state index in [2.05, 4.69) is 41.2 Å². The third kappa shape index (κ3) is 4.02. The number of morpholine rings is 1. The molecule has 0 saturated carbocycles. The molecule has 0 spiro atoms. The van der Waals surface area contributed by atoms with Gasteiger partial charge >= 0.3 is 0 Å². The molecule has 1 aromatic heterocycles. The molecule has 2 heterocycles. The zero-order valence-corrected chi connectivity index (χ0v) is 16.1. The molecule has 2 aromatic rings. The molecule has 25 heavy (non-hydrogen) atoms. The van der Waals surface area contributed by atoms with Crippen LogP contribution in [0.25, 0.3) is 0 Å². The van der Waals surface area contributed by atoms with Crippen LogP contribution in [-0.4, -0.2) is 37.2 Å². The first-order valence-corrected chi connectivity index (χ1v) is 9.49. The first kappa shape index (κ1) is 17.9. The van der Waals surface area contributed by atoms with Gasteiger partial charge in [0.05, 0.1) is 23.9 Å². The maximum Gasteiger partial charge on any atom is 0.267 e. The first-order chi connectivity index (χ1) is 12.0. The van der Waals surface area contributed by atoms with Crippen LogP contribution in [0.1, 0.15) is 45.7 Å². The summed E-state index contributed by atoms with van der Waals surface area (Å²) < 4.78 is 5.40. The van der Waals surface area contributed by atoms with Crippen molar-refractivity contribution in [1.29, 1.82) is 0 Å². The zero-order valence-electron chi connectivity index (χ0n) is 15.3. The number of ether oxygens (including phenoxy) is 1. The molecule has 1 aliphatic heterocycles. The number of benzene rings is 1. The van der Waals surface area contributed by atoms with Crippen LogP contribution in [0.3, 0.4) is 0 Å². The predicted octanol–water partition coefficient (Wildman–Crippen LogP) is 3.97. The number of aryl methyl sites for hydroxylation is 2. The molecule has 1 amide bonds. The van der Waals surface area contributed by atoms with Gasteiger partial charge in [-0.15, -0.1) is 11.3 Å². The normalized spacial score (nSPS) is 14.8. The monoisotopic (exact) mass is 359 g/mol. The van der Waals surface area contributed by atoms with E-state index >= 15 is 0 Å². The Bertz CT molecular complexity index is 764. The van der Waals surface area contributed by atoms with Crippen molar-refractivity contribution in [2.75, 3.05) is 36.5 Å². The van der Waals surface area contributed by atoms with Crippen LogP contribution in [0.15, 0.2) is 18.2 Å². The number of rotatable bonds is 4. The van der Waals surface area contributed by atoms with Crippen LogP contribution in [0, 0.1) is 13.8 Å². The number of hydrogen-bond acceptors (Lipinski definition) is 5. The van der Waals surface area contributed by atoms with E-state index in [0.29, 0.717) is 10.8 Å². The summed E-state index contributed by atoms with van der Waals surface area (Å²) >= 11 is 1.48. The van der Waals surface area contributed by atoms with Crippen molar-refractivity contribution in [1.82, 2.24) is 4.98 Å². The number of anilines is 2. The van der Waals surface area contributed by atoms with Crippen molar-refractivity contribution in [2.24, 2.45) is 0 Å². The van der Waals surface area contributed by atoms with Gasteiger partial charge in [0.15, 0.2) is 0 Å². The highest BCUT2D eigenvalue weighted by molar-refractivity contribution is 7.14. The van der Waals surface area contributed by atoms with E-state index in [1.807, 2.05) is 19.9 Å². The summed E-state index contributed by atoms with van der Waals surface area (Å²) in [6.07, 6.45) is 0. The minimum atomic E-state index is -0.0795. The second kappa shape index (κ2) is 7.54. The molecule has 1 aromatic carbocycles. The Kier molecular flexibility index (Phi) is 5.39. The number of thiazole rings is 1. The Balaban J connectivity index is 1.75. The molecule has 0 atom stereocenters. The van der Waals surface area contributed by atoms with E-state index in [0.717, 1.165) is 48.3 Å². The molecule has 0 unspecified atom stereocenters. The largest absolute Gasteiger partial charge is 0.378 e. The lowest BCUT2D eigenvalue weighted by molar-refractivity contribution is 0.102. The lowest BCUT2D eigenvalue weighted by atomic mass is 10.1. The fourth-order valence-electron chi connectivity index (χ4n) is 2.86. The van der Waals surface area contributed by atoms with Gasteiger partial charge in [0, 0.05) is 30.4 Å². The van der Waals surface area contributed by atoms with E-state index in [1.165, 1.54) is 17.0 Å². The predicted molar refractivity (Wildman–Crippen MR) is 103 cm³/mol. The quantitative estimate of drug-likeness (QED) is 0.897. The van der Waals surface area contributed by atoms with Gasteiger partial charge in [0.25, 0.3) is 5.91 Å². The van der Waals surface area contributed by atoms with Crippen LogP contribution >= 0.6 is 11.3 Å².